The van der Waals surface area contributed by atoms with Crippen molar-refractivity contribution in [2.45, 2.75) is 46.6 Å². The molecule has 0 saturated carbocycles. The topological polar surface area (TPSA) is 90.2 Å². The van der Waals surface area contributed by atoms with Gasteiger partial charge in [0.2, 0.25) is 5.95 Å². The molecular formula is C12H20N4O3. The van der Waals surface area contributed by atoms with E-state index in [1.54, 1.807) is 6.92 Å². The van der Waals surface area contributed by atoms with E-state index in [1.807, 2.05) is 20.8 Å². The first-order valence-corrected chi connectivity index (χ1v) is 6.43. The van der Waals surface area contributed by atoms with E-state index in [2.05, 4.69) is 15.3 Å². The molecule has 1 rings (SSSR count). The molecule has 1 aromatic rings. The van der Waals surface area contributed by atoms with Gasteiger partial charge in [-0.05, 0) is 27.2 Å². The molecule has 1 N–H and O–H groups in total. The maximum atomic E-state index is 11.1. The summed E-state index contributed by atoms with van der Waals surface area (Å²) in [7, 11) is 0. The third-order valence-corrected chi connectivity index (χ3v) is 2.55. The normalized spacial score (nSPS) is 12.0. The van der Waals surface area contributed by atoms with Crippen LogP contribution in [0.5, 0.6) is 5.88 Å². The largest absolute Gasteiger partial charge is 0.470 e. The number of aromatic nitrogens is 2. The van der Waals surface area contributed by atoms with Gasteiger partial charge in [0.15, 0.2) is 0 Å². The third kappa shape index (κ3) is 4.04. The van der Waals surface area contributed by atoms with Crippen LogP contribution in [0, 0.1) is 17.0 Å². The number of ether oxygens (including phenoxy) is 1. The van der Waals surface area contributed by atoms with Gasteiger partial charge in [-0.15, -0.1) is 0 Å². The summed E-state index contributed by atoms with van der Waals surface area (Å²) in [6.45, 7) is 8.03. The van der Waals surface area contributed by atoms with E-state index in [0.29, 0.717) is 18.2 Å². The molecule has 0 fully saturated rings. The van der Waals surface area contributed by atoms with Crippen molar-refractivity contribution in [2.75, 3.05) is 11.9 Å². The Morgan fingerprint density at radius 1 is 1.42 bits per heavy atom. The van der Waals surface area contributed by atoms with Crippen LogP contribution in [-0.2, 0) is 0 Å². The molecule has 0 aromatic carbocycles. The zero-order valence-electron chi connectivity index (χ0n) is 11.8. The van der Waals surface area contributed by atoms with Crippen LogP contribution >= 0.6 is 0 Å². The van der Waals surface area contributed by atoms with Gasteiger partial charge in [0, 0.05) is 6.54 Å². The van der Waals surface area contributed by atoms with E-state index in [1.165, 1.54) is 0 Å². The van der Waals surface area contributed by atoms with Crippen LogP contribution in [0.25, 0.3) is 0 Å². The van der Waals surface area contributed by atoms with Crippen molar-refractivity contribution in [3.8, 4) is 5.88 Å². The molecule has 0 saturated heterocycles. The van der Waals surface area contributed by atoms with Gasteiger partial charge in [-0.3, -0.25) is 10.1 Å². The Morgan fingerprint density at radius 2 is 2.11 bits per heavy atom. The maximum absolute atomic E-state index is 11.1. The molecule has 0 aliphatic heterocycles. The Hall–Kier alpha value is -1.92. The lowest BCUT2D eigenvalue weighted by atomic mass is 10.2. The Balaban J connectivity index is 3.12. The van der Waals surface area contributed by atoms with Crippen LogP contribution in [0.4, 0.5) is 11.6 Å². The molecule has 0 bridgehead atoms. The van der Waals surface area contributed by atoms with Gasteiger partial charge in [-0.25, -0.2) is 4.98 Å². The molecular weight excluding hydrogens is 248 g/mol. The number of nitrogens with zero attached hydrogens (tertiary/aromatic N) is 3. The van der Waals surface area contributed by atoms with Crippen LogP contribution in [-0.4, -0.2) is 27.5 Å². The highest BCUT2D eigenvalue weighted by Gasteiger charge is 2.24. The summed E-state index contributed by atoms with van der Waals surface area (Å²) >= 11 is 0. The van der Waals surface area contributed by atoms with Gasteiger partial charge in [0.25, 0.3) is 5.88 Å². The van der Waals surface area contributed by atoms with E-state index in [4.69, 9.17) is 4.74 Å². The number of hydrogen-bond acceptors (Lipinski definition) is 6. The van der Waals surface area contributed by atoms with Crippen molar-refractivity contribution in [1.29, 1.82) is 0 Å². The van der Waals surface area contributed by atoms with Gasteiger partial charge in [0.05, 0.1) is 11.0 Å². The van der Waals surface area contributed by atoms with Crippen molar-refractivity contribution >= 4 is 11.6 Å². The monoisotopic (exact) mass is 268 g/mol. The van der Waals surface area contributed by atoms with Crippen molar-refractivity contribution in [3.05, 3.63) is 15.8 Å². The summed E-state index contributed by atoms with van der Waals surface area (Å²) in [5, 5.41) is 14.0. The van der Waals surface area contributed by atoms with Crippen molar-refractivity contribution in [1.82, 2.24) is 9.97 Å². The summed E-state index contributed by atoms with van der Waals surface area (Å²) < 4.78 is 5.58. The molecule has 1 heterocycles. The highest BCUT2D eigenvalue weighted by molar-refractivity contribution is 5.48. The van der Waals surface area contributed by atoms with Crippen LogP contribution in [0.1, 0.15) is 39.3 Å². The smallest absolute Gasteiger partial charge is 0.352 e. The highest BCUT2D eigenvalue weighted by Crippen LogP contribution is 2.29. The van der Waals surface area contributed by atoms with Gasteiger partial charge in [0.1, 0.15) is 5.69 Å². The Labute approximate surface area is 112 Å². The SMILES string of the molecule is CCCC(C)Oc1nc(NCC)nc(C)c1[N+](=O)[O-]. The van der Waals surface area contributed by atoms with E-state index >= 15 is 0 Å². The van der Waals surface area contributed by atoms with Gasteiger partial charge >= 0.3 is 5.69 Å². The highest BCUT2D eigenvalue weighted by atomic mass is 16.6. The minimum Gasteiger partial charge on any atom is -0.470 e. The Kier molecular flexibility index (Phi) is 5.47. The van der Waals surface area contributed by atoms with E-state index in [0.717, 1.165) is 12.8 Å². The van der Waals surface area contributed by atoms with Gasteiger partial charge in [-0.1, -0.05) is 13.3 Å². The number of nitrogens with one attached hydrogen (secondary N) is 1. The predicted octanol–water partition coefficient (Wildman–Crippen LogP) is 2.69. The average Bonchev–Trinajstić information content (AvgIpc) is 2.28. The van der Waals surface area contributed by atoms with E-state index in [9.17, 15) is 10.1 Å². The summed E-state index contributed by atoms with van der Waals surface area (Å²) in [6.07, 6.45) is 1.64. The minimum absolute atomic E-state index is 0.0365. The lowest BCUT2D eigenvalue weighted by Gasteiger charge is -2.14. The molecule has 0 aliphatic carbocycles. The maximum Gasteiger partial charge on any atom is 0.352 e. The Morgan fingerprint density at radius 3 is 2.63 bits per heavy atom. The van der Waals surface area contributed by atoms with Crippen molar-refractivity contribution in [2.24, 2.45) is 0 Å². The molecule has 0 radical (unpaired) electrons. The number of hydrogen-bond donors (Lipinski definition) is 1. The second kappa shape index (κ2) is 6.86. The molecule has 19 heavy (non-hydrogen) atoms. The fourth-order valence-electron chi connectivity index (χ4n) is 1.73. The lowest BCUT2D eigenvalue weighted by Crippen LogP contribution is -2.15. The van der Waals surface area contributed by atoms with Crippen molar-refractivity contribution in [3.63, 3.8) is 0 Å². The summed E-state index contributed by atoms with van der Waals surface area (Å²) in [6, 6.07) is 0. The molecule has 106 valence electrons. The fraction of sp³-hybridized carbons (Fsp3) is 0.667. The zero-order valence-corrected chi connectivity index (χ0v) is 11.8. The number of anilines is 1. The summed E-state index contributed by atoms with van der Waals surface area (Å²) in [4.78, 5) is 18.7. The van der Waals surface area contributed by atoms with Crippen LogP contribution < -0.4 is 10.1 Å². The number of rotatable bonds is 7. The quantitative estimate of drug-likeness (QED) is 0.604. The predicted molar refractivity (Wildman–Crippen MR) is 72.6 cm³/mol. The average molecular weight is 268 g/mol. The third-order valence-electron chi connectivity index (χ3n) is 2.55. The molecule has 1 aromatic heterocycles. The lowest BCUT2D eigenvalue weighted by molar-refractivity contribution is -0.387. The molecule has 1 atom stereocenters. The second-order valence-electron chi connectivity index (χ2n) is 4.29. The van der Waals surface area contributed by atoms with Crippen molar-refractivity contribution < 1.29 is 9.66 Å². The molecule has 1 unspecified atom stereocenters. The summed E-state index contributed by atoms with van der Waals surface area (Å²) in [5.41, 5.74) is 0.138. The summed E-state index contributed by atoms with van der Waals surface area (Å²) in [5.74, 6) is 0.388. The number of nitro groups is 1. The first kappa shape index (κ1) is 15.1. The Bertz CT molecular complexity index is 451. The van der Waals surface area contributed by atoms with Crippen LogP contribution in [0.3, 0.4) is 0 Å². The molecule has 0 aliphatic rings. The van der Waals surface area contributed by atoms with Crippen LogP contribution in [0.15, 0.2) is 0 Å². The molecule has 7 nitrogen and oxygen atoms in total. The molecule has 7 heteroatoms. The second-order valence-corrected chi connectivity index (χ2v) is 4.29. The number of aryl methyl sites for hydroxylation is 1. The first-order valence-electron chi connectivity index (χ1n) is 6.43. The van der Waals surface area contributed by atoms with E-state index < -0.39 is 4.92 Å². The zero-order chi connectivity index (χ0) is 14.4. The van der Waals surface area contributed by atoms with Gasteiger partial charge < -0.3 is 10.1 Å². The van der Waals surface area contributed by atoms with E-state index in [-0.39, 0.29) is 17.7 Å². The fourth-order valence-corrected chi connectivity index (χ4v) is 1.73. The standard InChI is InChI=1S/C12H20N4O3/c1-5-7-8(3)19-11-10(16(17)18)9(4)14-12(15-11)13-6-2/h8H,5-7H2,1-4H3,(H,13,14,15). The minimum atomic E-state index is -0.501. The molecule has 0 spiro atoms. The first-order chi connectivity index (χ1) is 8.99. The molecule has 0 amide bonds. The van der Waals surface area contributed by atoms with Crippen LogP contribution in [0.2, 0.25) is 0 Å². The van der Waals surface area contributed by atoms with Gasteiger partial charge in [-0.2, -0.15) is 4.98 Å².